The normalized spacial score (nSPS) is 23.7. The number of halogens is 4. The number of anilines is 1. The molecule has 4 aliphatic heterocycles. The number of piperidine rings is 1. The SMILES string of the molecule is CCc1c(F)ccc2cc(OCOC)cc(-c3c(F)cc4c(N5CCC[C@]6(C5)NC(=O)NC6=O)nc(OCC56CCCN5C/C(=C\F)C6)nc4c3F)c12. The number of fused-ring (bicyclic) bond motifs is 3. The number of carbonyl (C=O) groups is 2. The first kappa shape index (κ1) is 35.0. The number of aryl methyl sites for hydroxylation is 1. The van der Waals surface area contributed by atoms with Crippen molar-refractivity contribution in [3.05, 3.63) is 65.2 Å². The first-order valence-corrected chi connectivity index (χ1v) is 17.7. The number of benzene rings is 3. The topological polar surface area (TPSA) is 118 Å². The second-order valence-electron chi connectivity index (χ2n) is 14.3. The highest BCUT2D eigenvalue weighted by Gasteiger charge is 2.50. The molecule has 3 aromatic carbocycles. The van der Waals surface area contributed by atoms with Gasteiger partial charge < -0.3 is 24.4 Å². The molecule has 11 nitrogen and oxygen atoms in total. The van der Waals surface area contributed by atoms with Gasteiger partial charge in [0.1, 0.15) is 40.9 Å². The lowest BCUT2D eigenvalue weighted by molar-refractivity contribution is -0.124. The van der Waals surface area contributed by atoms with Crippen molar-refractivity contribution in [1.29, 1.82) is 0 Å². The average molecular weight is 735 g/mol. The Morgan fingerprint density at radius 2 is 1.85 bits per heavy atom. The van der Waals surface area contributed by atoms with Gasteiger partial charge in [0.15, 0.2) is 12.6 Å². The predicted molar refractivity (Wildman–Crippen MR) is 188 cm³/mol. The minimum atomic E-state index is -1.27. The fraction of sp³-hybridized carbons (Fsp3) is 0.421. The minimum absolute atomic E-state index is 0.0139. The van der Waals surface area contributed by atoms with E-state index in [1.54, 1.807) is 17.9 Å². The number of urea groups is 1. The number of carbonyl (C=O) groups excluding carboxylic acids is 2. The third kappa shape index (κ3) is 5.89. The quantitative estimate of drug-likeness (QED) is 0.120. The van der Waals surface area contributed by atoms with Crippen LogP contribution in [0.25, 0.3) is 32.8 Å². The van der Waals surface area contributed by atoms with Crippen molar-refractivity contribution in [3.63, 3.8) is 0 Å². The van der Waals surface area contributed by atoms with Crippen molar-refractivity contribution in [3.8, 4) is 22.9 Å². The van der Waals surface area contributed by atoms with Crippen LogP contribution < -0.4 is 25.0 Å². The van der Waals surface area contributed by atoms with Gasteiger partial charge in [0.05, 0.1) is 24.0 Å². The van der Waals surface area contributed by atoms with E-state index in [1.165, 1.54) is 25.3 Å². The Balaban J connectivity index is 1.30. The van der Waals surface area contributed by atoms with Crippen LogP contribution in [0.15, 0.2) is 42.2 Å². The number of nitrogens with zero attached hydrogens (tertiary/aromatic N) is 4. The van der Waals surface area contributed by atoms with E-state index in [0.717, 1.165) is 25.5 Å². The van der Waals surface area contributed by atoms with Crippen molar-refractivity contribution < 1.29 is 41.4 Å². The Hall–Kier alpha value is -5.02. The summed E-state index contributed by atoms with van der Waals surface area (Å²) in [6, 6.07) is 6.26. The number of ether oxygens (including phenoxy) is 3. The zero-order chi connectivity index (χ0) is 37.1. The van der Waals surface area contributed by atoms with Crippen LogP contribution >= 0.6 is 0 Å². The van der Waals surface area contributed by atoms with E-state index in [1.807, 2.05) is 0 Å². The Kier molecular flexibility index (Phi) is 8.88. The van der Waals surface area contributed by atoms with Gasteiger partial charge in [0.2, 0.25) is 0 Å². The molecule has 53 heavy (non-hydrogen) atoms. The largest absolute Gasteiger partial charge is 0.468 e. The third-order valence-corrected chi connectivity index (χ3v) is 11.1. The highest BCUT2D eigenvalue weighted by molar-refractivity contribution is 6.08. The smallest absolute Gasteiger partial charge is 0.322 e. The third-order valence-electron chi connectivity index (χ3n) is 11.1. The Morgan fingerprint density at radius 1 is 1.02 bits per heavy atom. The number of nitrogens with one attached hydrogen (secondary N) is 2. The molecule has 3 amide bonds. The van der Waals surface area contributed by atoms with Gasteiger partial charge in [-0.25, -0.2) is 22.4 Å². The molecule has 5 heterocycles. The number of imide groups is 1. The summed E-state index contributed by atoms with van der Waals surface area (Å²) in [5.41, 5.74) is -1.49. The first-order valence-electron chi connectivity index (χ1n) is 17.7. The van der Waals surface area contributed by atoms with Crippen molar-refractivity contribution >= 4 is 39.4 Å². The van der Waals surface area contributed by atoms with Crippen LogP contribution in [0.5, 0.6) is 11.8 Å². The van der Waals surface area contributed by atoms with Gasteiger partial charge in [-0.15, -0.1) is 0 Å². The molecule has 4 aliphatic rings. The minimum Gasteiger partial charge on any atom is -0.468 e. The number of amides is 3. The van der Waals surface area contributed by atoms with E-state index < -0.39 is 46.0 Å². The van der Waals surface area contributed by atoms with Gasteiger partial charge in [-0.3, -0.25) is 15.0 Å². The van der Waals surface area contributed by atoms with Gasteiger partial charge in [0.25, 0.3) is 5.91 Å². The molecule has 0 aliphatic carbocycles. The van der Waals surface area contributed by atoms with Crippen molar-refractivity contribution in [2.75, 3.05) is 51.6 Å². The van der Waals surface area contributed by atoms with E-state index >= 15 is 13.2 Å². The van der Waals surface area contributed by atoms with Crippen LogP contribution in [0.3, 0.4) is 0 Å². The lowest BCUT2D eigenvalue weighted by atomic mass is 9.89. The van der Waals surface area contributed by atoms with Crippen LogP contribution in [0.2, 0.25) is 0 Å². The van der Waals surface area contributed by atoms with Crippen LogP contribution in [-0.2, 0) is 16.0 Å². The summed E-state index contributed by atoms with van der Waals surface area (Å²) in [6.45, 7) is 3.30. The predicted octanol–water partition coefficient (Wildman–Crippen LogP) is 6.06. The maximum absolute atomic E-state index is 17.3. The van der Waals surface area contributed by atoms with Crippen LogP contribution in [-0.4, -0.2) is 84.6 Å². The second kappa shape index (κ2) is 13.4. The summed E-state index contributed by atoms with van der Waals surface area (Å²) in [6.07, 6.45) is 3.80. The highest BCUT2D eigenvalue weighted by Crippen LogP contribution is 2.44. The maximum atomic E-state index is 17.3. The number of hydrogen-bond donors (Lipinski definition) is 2. The molecule has 0 bridgehead atoms. The van der Waals surface area contributed by atoms with Crippen molar-refractivity contribution in [2.24, 2.45) is 0 Å². The monoisotopic (exact) mass is 734 g/mol. The lowest BCUT2D eigenvalue weighted by Gasteiger charge is -2.39. The molecule has 15 heteroatoms. The van der Waals surface area contributed by atoms with Gasteiger partial charge in [-0.05, 0) is 96.8 Å². The van der Waals surface area contributed by atoms with Crippen molar-refractivity contribution in [2.45, 2.75) is 56.5 Å². The number of methoxy groups -OCH3 is 1. The van der Waals surface area contributed by atoms with E-state index in [9.17, 15) is 14.0 Å². The molecule has 0 saturated carbocycles. The number of rotatable bonds is 9. The molecule has 2 N–H and O–H groups in total. The van der Waals surface area contributed by atoms with Crippen molar-refractivity contribution in [1.82, 2.24) is 25.5 Å². The molecule has 4 fully saturated rings. The number of hydrogen-bond acceptors (Lipinski definition) is 9. The Morgan fingerprint density at radius 3 is 2.60 bits per heavy atom. The molecule has 0 radical (unpaired) electrons. The van der Waals surface area contributed by atoms with E-state index in [4.69, 9.17) is 14.2 Å². The molecule has 2 atom stereocenters. The maximum Gasteiger partial charge on any atom is 0.322 e. The highest BCUT2D eigenvalue weighted by atomic mass is 19.1. The van der Waals surface area contributed by atoms with Crippen LogP contribution in [0.1, 0.15) is 44.6 Å². The summed E-state index contributed by atoms with van der Waals surface area (Å²) >= 11 is 0. The van der Waals surface area contributed by atoms with E-state index in [2.05, 4.69) is 25.5 Å². The molecular weight excluding hydrogens is 696 g/mol. The van der Waals surface area contributed by atoms with Crippen LogP contribution in [0, 0.1) is 17.5 Å². The molecule has 4 saturated heterocycles. The van der Waals surface area contributed by atoms with Crippen LogP contribution in [0.4, 0.5) is 28.2 Å². The van der Waals surface area contributed by atoms with Gasteiger partial charge in [0, 0.05) is 25.6 Å². The molecule has 1 unspecified atom stereocenters. The molecule has 8 rings (SSSR count). The van der Waals surface area contributed by atoms with Gasteiger partial charge in [-0.2, -0.15) is 9.97 Å². The zero-order valence-corrected chi connectivity index (χ0v) is 29.3. The summed E-state index contributed by atoms with van der Waals surface area (Å²) in [4.78, 5) is 38.2. The zero-order valence-electron chi connectivity index (χ0n) is 29.3. The van der Waals surface area contributed by atoms with Gasteiger partial charge in [-0.1, -0.05) is 13.0 Å². The molecule has 4 aromatic rings. The summed E-state index contributed by atoms with van der Waals surface area (Å²) in [7, 11) is 1.44. The summed E-state index contributed by atoms with van der Waals surface area (Å²) in [5.74, 6) is -2.64. The summed E-state index contributed by atoms with van der Waals surface area (Å²) < 4.78 is 79.9. The second-order valence-corrected chi connectivity index (χ2v) is 14.3. The van der Waals surface area contributed by atoms with Gasteiger partial charge >= 0.3 is 12.0 Å². The molecule has 1 spiro atoms. The summed E-state index contributed by atoms with van der Waals surface area (Å²) in [5, 5.41) is 5.86. The molecule has 1 aromatic heterocycles. The average Bonchev–Trinajstić information content (AvgIpc) is 3.78. The first-order chi connectivity index (χ1) is 25.6. The number of aromatic nitrogens is 2. The van der Waals surface area contributed by atoms with E-state index in [-0.39, 0.29) is 66.0 Å². The molecule has 278 valence electrons. The molecular formula is C38H38F4N6O5. The Labute approximate surface area is 302 Å². The Bertz CT molecular complexity index is 2200. The standard InChI is InChI=1S/C38H38F4N6O5/c1-3-24-27(40)7-6-22-12-23(53-20-51-2)13-25(29(22)24)30-28(41)14-26-32(31(30)42)43-36(52-19-37-8-4-11-48(37)17-21(15-37)16-39)44-33(26)47-10-5-9-38(18-47)34(49)45-35(50)46-38/h6-7,12-14,16H,3-5,8-11,15,17-20H2,1-2H3,(H2,45,46,49,50)/b21-16-/t37?,38-/m1/s1. The fourth-order valence-electron chi connectivity index (χ4n) is 8.66. The lowest BCUT2D eigenvalue weighted by Crippen LogP contribution is -2.58. The fourth-order valence-corrected chi connectivity index (χ4v) is 8.66. The van der Waals surface area contributed by atoms with E-state index in [0.29, 0.717) is 55.0 Å².